The van der Waals surface area contributed by atoms with Gasteiger partial charge in [0.05, 0.1) is 6.61 Å². The summed E-state index contributed by atoms with van der Waals surface area (Å²) in [6, 6.07) is 14.3. The van der Waals surface area contributed by atoms with Crippen molar-refractivity contribution in [1.82, 2.24) is 0 Å². The zero-order valence-electron chi connectivity index (χ0n) is 10.9. The average Bonchev–Trinajstić information content (AvgIpc) is 3.16. The van der Waals surface area contributed by atoms with E-state index in [1.807, 2.05) is 24.3 Å². The Morgan fingerprint density at radius 3 is 2.75 bits per heavy atom. The van der Waals surface area contributed by atoms with Gasteiger partial charge in [-0.25, -0.2) is 0 Å². The molecule has 0 amide bonds. The summed E-state index contributed by atoms with van der Waals surface area (Å²) in [5.74, 6) is 0. The molecule has 0 saturated heterocycles. The third-order valence-electron chi connectivity index (χ3n) is 3.10. The minimum Gasteiger partial charge on any atom is -0.392 e. The Balaban J connectivity index is 1.70. The van der Waals surface area contributed by atoms with Crippen LogP contribution in [0.4, 0.5) is 5.69 Å². The SMILES string of the molecule is OCc1ccccc1NCc1cc(-c2cccs2)cs1. The monoisotopic (exact) mass is 301 g/mol. The molecule has 4 heteroatoms. The fraction of sp³-hybridized carbons (Fsp3) is 0.125. The lowest BCUT2D eigenvalue weighted by Gasteiger charge is -2.09. The number of anilines is 1. The maximum atomic E-state index is 9.31. The van der Waals surface area contributed by atoms with Crippen molar-refractivity contribution in [2.45, 2.75) is 13.2 Å². The molecular formula is C16H15NOS2. The van der Waals surface area contributed by atoms with Gasteiger partial charge in [-0.15, -0.1) is 22.7 Å². The number of benzene rings is 1. The van der Waals surface area contributed by atoms with Crippen molar-refractivity contribution in [3.8, 4) is 10.4 Å². The van der Waals surface area contributed by atoms with E-state index in [2.05, 4.69) is 34.3 Å². The number of para-hydroxylation sites is 1. The van der Waals surface area contributed by atoms with Gasteiger partial charge in [0.1, 0.15) is 0 Å². The number of aliphatic hydroxyl groups excluding tert-OH is 1. The summed E-state index contributed by atoms with van der Waals surface area (Å²) >= 11 is 3.53. The standard InChI is InChI=1S/C16H15NOS2/c18-10-12-4-1-2-5-15(12)17-9-14-8-13(11-20-14)16-6-3-7-19-16/h1-8,11,17-18H,9-10H2. The summed E-state index contributed by atoms with van der Waals surface area (Å²) in [4.78, 5) is 2.60. The summed E-state index contributed by atoms with van der Waals surface area (Å²) in [7, 11) is 0. The van der Waals surface area contributed by atoms with E-state index in [4.69, 9.17) is 0 Å². The third kappa shape index (κ3) is 2.93. The molecule has 0 aliphatic carbocycles. The van der Waals surface area contributed by atoms with Crippen molar-refractivity contribution >= 4 is 28.4 Å². The van der Waals surface area contributed by atoms with Crippen LogP contribution < -0.4 is 5.32 Å². The van der Waals surface area contributed by atoms with Crippen LogP contribution in [0.25, 0.3) is 10.4 Å². The number of rotatable bonds is 5. The number of aliphatic hydroxyl groups is 1. The molecule has 0 unspecified atom stereocenters. The summed E-state index contributed by atoms with van der Waals surface area (Å²) in [6.45, 7) is 0.848. The van der Waals surface area contributed by atoms with E-state index in [0.717, 1.165) is 17.8 Å². The summed E-state index contributed by atoms with van der Waals surface area (Å²) in [5, 5.41) is 17.0. The van der Waals surface area contributed by atoms with E-state index < -0.39 is 0 Å². The highest BCUT2D eigenvalue weighted by Gasteiger charge is 2.04. The fourth-order valence-electron chi connectivity index (χ4n) is 2.06. The largest absolute Gasteiger partial charge is 0.392 e. The van der Waals surface area contributed by atoms with Crippen LogP contribution in [-0.4, -0.2) is 5.11 Å². The van der Waals surface area contributed by atoms with Gasteiger partial charge in [0.25, 0.3) is 0 Å². The van der Waals surface area contributed by atoms with E-state index in [-0.39, 0.29) is 6.61 Å². The highest BCUT2D eigenvalue weighted by Crippen LogP contribution is 2.29. The van der Waals surface area contributed by atoms with Crippen LogP contribution >= 0.6 is 22.7 Å². The van der Waals surface area contributed by atoms with Crippen molar-refractivity contribution in [3.63, 3.8) is 0 Å². The molecule has 102 valence electrons. The molecule has 0 aliphatic rings. The van der Waals surface area contributed by atoms with Crippen molar-refractivity contribution in [2.24, 2.45) is 0 Å². The van der Waals surface area contributed by atoms with Crippen molar-refractivity contribution in [3.05, 3.63) is 63.7 Å². The second kappa shape index (κ2) is 6.22. The van der Waals surface area contributed by atoms with Gasteiger partial charge in [-0.3, -0.25) is 0 Å². The predicted octanol–water partition coefficient (Wildman–Crippen LogP) is 4.58. The first kappa shape index (κ1) is 13.4. The lowest BCUT2D eigenvalue weighted by molar-refractivity contribution is 0.282. The molecule has 0 spiro atoms. The Labute approximate surface area is 126 Å². The van der Waals surface area contributed by atoms with Crippen molar-refractivity contribution in [2.75, 3.05) is 5.32 Å². The van der Waals surface area contributed by atoms with E-state index >= 15 is 0 Å². The first-order valence-electron chi connectivity index (χ1n) is 6.41. The molecule has 2 N–H and O–H groups in total. The zero-order chi connectivity index (χ0) is 13.8. The number of thiophene rings is 2. The maximum absolute atomic E-state index is 9.31. The van der Waals surface area contributed by atoms with E-state index in [1.54, 1.807) is 22.7 Å². The normalized spacial score (nSPS) is 10.7. The number of nitrogens with one attached hydrogen (secondary N) is 1. The second-order valence-electron chi connectivity index (χ2n) is 4.45. The first-order valence-corrected chi connectivity index (χ1v) is 8.16. The molecule has 0 fully saturated rings. The molecule has 2 aromatic heterocycles. The summed E-state index contributed by atoms with van der Waals surface area (Å²) in [6.07, 6.45) is 0. The zero-order valence-corrected chi connectivity index (χ0v) is 12.5. The third-order valence-corrected chi connectivity index (χ3v) is 4.96. The van der Waals surface area contributed by atoms with Crippen molar-refractivity contribution in [1.29, 1.82) is 0 Å². The lowest BCUT2D eigenvalue weighted by Crippen LogP contribution is -2.00. The Bertz CT molecular complexity index is 673. The van der Waals surface area contributed by atoms with Gasteiger partial charge in [0.15, 0.2) is 0 Å². The predicted molar refractivity (Wildman–Crippen MR) is 87.3 cm³/mol. The van der Waals surface area contributed by atoms with E-state index in [9.17, 15) is 5.11 Å². The molecule has 0 saturated carbocycles. The Hall–Kier alpha value is -1.62. The fourth-order valence-corrected chi connectivity index (χ4v) is 3.67. The van der Waals surface area contributed by atoms with Gasteiger partial charge in [-0.05, 0) is 29.0 Å². The van der Waals surface area contributed by atoms with E-state index in [0.29, 0.717) is 0 Å². The van der Waals surface area contributed by atoms with E-state index in [1.165, 1.54) is 15.3 Å². The van der Waals surface area contributed by atoms with Gasteiger partial charge in [0.2, 0.25) is 0 Å². The Kier molecular flexibility index (Phi) is 4.16. The quantitative estimate of drug-likeness (QED) is 0.723. The maximum Gasteiger partial charge on any atom is 0.0701 e. The molecule has 0 aliphatic heterocycles. The highest BCUT2D eigenvalue weighted by atomic mass is 32.1. The van der Waals surface area contributed by atoms with Crippen LogP contribution in [0.1, 0.15) is 10.4 Å². The molecule has 3 rings (SSSR count). The molecule has 2 heterocycles. The van der Waals surface area contributed by atoms with Gasteiger partial charge in [-0.1, -0.05) is 24.3 Å². The van der Waals surface area contributed by atoms with Crippen LogP contribution in [0.3, 0.4) is 0 Å². The molecule has 2 nitrogen and oxygen atoms in total. The number of hydrogen-bond acceptors (Lipinski definition) is 4. The molecule has 20 heavy (non-hydrogen) atoms. The number of hydrogen-bond donors (Lipinski definition) is 2. The molecule has 0 atom stereocenters. The lowest BCUT2D eigenvalue weighted by atomic mass is 10.2. The first-order chi connectivity index (χ1) is 9.86. The minimum atomic E-state index is 0.0636. The minimum absolute atomic E-state index is 0.0636. The molecular weight excluding hydrogens is 286 g/mol. The van der Waals surface area contributed by atoms with Gasteiger partial charge in [0, 0.05) is 33.1 Å². The van der Waals surface area contributed by atoms with Crippen LogP contribution in [0, 0.1) is 0 Å². The topological polar surface area (TPSA) is 32.3 Å². The van der Waals surface area contributed by atoms with Crippen molar-refractivity contribution < 1.29 is 5.11 Å². The van der Waals surface area contributed by atoms with Crippen LogP contribution in [0.5, 0.6) is 0 Å². The Morgan fingerprint density at radius 2 is 1.95 bits per heavy atom. The summed E-state index contributed by atoms with van der Waals surface area (Å²) < 4.78 is 0. The molecule has 0 bridgehead atoms. The Morgan fingerprint density at radius 1 is 1.05 bits per heavy atom. The average molecular weight is 301 g/mol. The van der Waals surface area contributed by atoms with Gasteiger partial charge in [-0.2, -0.15) is 0 Å². The smallest absolute Gasteiger partial charge is 0.0701 e. The molecule has 3 aromatic rings. The van der Waals surface area contributed by atoms with Gasteiger partial charge >= 0.3 is 0 Å². The van der Waals surface area contributed by atoms with Crippen LogP contribution in [0.2, 0.25) is 0 Å². The second-order valence-corrected chi connectivity index (χ2v) is 6.39. The van der Waals surface area contributed by atoms with Crippen LogP contribution in [0.15, 0.2) is 53.2 Å². The molecule has 1 aromatic carbocycles. The molecule has 0 radical (unpaired) electrons. The highest BCUT2D eigenvalue weighted by molar-refractivity contribution is 7.14. The summed E-state index contributed by atoms with van der Waals surface area (Å²) in [5.41, 5.74) is 3.22. The van der Waals surface area contributed by atoms with Gasteiger partial charge < -0.3 is 10.4 Å². The van der Waals surface area contributed by atoms with Crippen LogP contribution in [-0.2, 0) is 13.2 Å².